The van der Waals surface area contributed by atoms with Gasteiger partial charge >= 0.3 is 0 Å². The van der Waals surface area contributed by atoms with Crippen LogP contribution in [-0.4, -0.2) is 17.2 Å². The van der Waals surface area contributed by atoms with Crippen LogP contribution < -0.4 is 4.74 Å². The number of benzene rings is 1. The number of aromatic nitrogens is 1. The second-order valence-corrected chi connectivity index (χ2v) is 4.89. The topological polar surface area (TPSA) is 42.4 Å². The summed E-state index contributed by atoms with van der Waals surface area (Å²) < 4.78 is 5.27. The van der Waals surface area contributed by atoms with E-state index >= 15 is 0 Å². The Morgan fingerprint density at radius 3 is 2.58 bits per heavy atom. The molecule has 0 aliphatic heterocycles. The number of hydrogen-bond donors (Lipinski definition) is 1. The standard InChI is InChI=1S/C15H16ClNO2/c1-9-7-14(19-3)10(2)6-12(9)15(18)11-4-5-17-8-13(11)16/h4-8,15,18H,1-3H3. The molecule has 1 atom stereocenters. The Labute approximate surface area is 117 Å². The highest BCUT2D eigenvalue weighted by molar-refractivity contribution is 6.31. The minimum atomic E-state index is -0.764. The van der Waals surface area contributed by atoms with E-state index in [2.05, 4.69) is 4.98 Å². The molecule has 2 rings (SSSR count). The van der Waals surface area contributed by atoms with Crippen molar-refractivity contribution in [1.29, 1.82) is 0 Å². The second-order valence-electron chi connectivity index (χ2n) is 4.48. The zero-order valence-corrected chi connectivity index (χ0v) is 11.9. The van der Waals surface area contributed by atoms with Crippen LogP contribution in [0.2, 0.25) is 5.02 Å². The third-order valence-electron chi connectivity index (χ3n) is 3.18. The van der Waals surface area contributed by atoms with Crippen LogP contribution in [0.1, 0.15) is 28.4 Å². The van der Waals surface area contributed by atoms with Crippen LogP contribution in [-0.2, 0) is 0 Å². The number of aliphatic hydroxyl groups is 1. The van der Waals surface area contributed by atoms with Gasteiger partial charge in [0.1, 0.15) is 11.9 Å². The van der Waals surface area contributed by atoms with Gasteiger partial charge in [0.15, 0.2) is 0 Å². The maximum atomic E-state index is 10.5. The molecule has 0 bridgehead atoms. The number of rotatable bonds is 3. The van der Waals surface area contributed by atoms with Gasteiger partial charge in [0.25, 0.3) is 0 Å². The minimum absolute atomic E-state index is 0.461. The first-order valence-corrected chi connectivity index (χ1v) is 6.35. The van der Waals surface area contributed by atoms with Crippen molar-refractivity contribution in [2.75, 3.05) is 7.11 Å². The van der Waals surface area contributed by atoms with E-state index in [1.54, 1.807) is 19.4 Å². The minimum Gasteiger partial charge on any atom is -0.496 e. The van der Waals surface area contributed by atoms with E-state index in [0.29, 0.717) is 10.6 Å². The van der Waals surface area contributed by atoms with Crippen molar-refractivity contribution >= 4 is 11.6 Å². The number of aryl methyl sites for hydroxylation is 2. The van der Waals surface area contributed by atoms with Gasteiger partial charge in [-0.05, 0) is 48.7 Å². The lowest BCUT2D eigenvalue weighted by Crippen LogP contribution is -2.04. The van der Waals surface area contributed by atoms with Crippen molar-refractivity contribution in [3.05, 3.63) is 57.9 Å². The summed E-state index contributed by atoms with van der Waals surface area (Å²) in [5.41, 5.74) is 3.42. The van der Waals surface area contributed by atoms with E-state index in [4.69, 9.17) is 16.3 Å². The quantitative estimate of drug-likeness (QED) is 0.934. The van der Waals surface area contributed by atoms with Crippen LogP contribution >= 0.6 is 11.6 Å². The molecule has 1 aromatic carbocycles. The van der Waals surface area contributed by atoms with E-state index in [9.17, 15) is 5.11 Å². The Balaban J connectivity index is 2.48. The molecule has 0 saturated heterocycles. The fourth-order valence-corrected chi connectivity index (χ4v) is 2.32. The van der Waals surface area contributed by atoms with Gasteiger partial charge in [-0.1, -0.05) is 11.6 Å². The van der Waals surface area contributed by atoms with Crippen molar-refractivity contribution in [2.24, 2.45) is 0 Å². The zero-order valence-electron chi connectivity index (χ0n) is 11.1. The molecular formula is C15H16ClNO2. The molecule has 0 spiro atoms. The Morgan fingerprint density at radius 1 is 1.21 bits per heavy atom. The van der Waals surface area contributed by atoms with Crippen LogP contribution in [0.4, 0.5) is 0 Å². The summed E-state index contributed by atoms with van der Waals surface area (Å²) in [6, 6.07) is 5.57. The molecule has 0 radical (unpaired) electrons. The van der Waals surface area contributed by atoms with Crippen LogP contribution in [0.25, 0.3) is 0 Å². The van der Waals surface area contributed by atoms with Crippen molar-refractivity contribution in [3.8, 4) is 5.75 Å². The Kier molecular flexibility index (Phi) is 4.08. The number of aliphatic hydroxyl groups excluding tert-OH is 1. The Hall–Kier alpha value is -1.58. The number of halogens is 1. The number of methoxy groups -OCH3 is 1. The smallest absolute Gasteiger partial charge is 0.122 e. The summed E-state index contributed by atoms with van der Waals surface area (Å²) in [5, 5.41) is 10.9. The lowest BCUT2D eigenvalue weighted by molar-refractivity contribution is 0.219. The molecule has 19 heavy (non-hydrogen) atoms. The lowest BCUT2D eigenvalue weighted by atomic mass is 9.96. The summed E-state index contributed by atoms with van der Waals surface area (Å²) >= 11 is 6.07. The first kappa shape index (κ1) is 13.8. The molecule has 4 heteroatoms. The molecule has 1 aromatic heterocycles. The highest BCUT2D eigenvalue weighted by atomic mass is 35.5. The predicted molar refractivity (Wildman–Crippen MR) is 75.8 cm³/mol. The summed E-state index contributed by atoms with van der Waals surface area (Å²) in [6.45, 7) is 3.89. The number of hydrogen-bond acceptors (Lipinski definition) is 3. The Morgan fingerprint density at radius 2 is 1.95 bits per heavy atom. The second kappa shape index (κ2) is 5.59. The van der Waals surface area contributed by atoms with Gasteiger partial charge in [-0.3, -0.25) is 4.98 Å². The van der Waals surface area contributed by atoms with Crippen LogP contribution in [0, 0.1) is 13.8 Å². The molecule has 0 aliphatic rings. The summed E-state index contributed by atoms with van der Waals surface area (Å²) in [5.74, 6) is 0.814. The van der Waals surface area contributed by atoms with Gasteiger partial charge in [0.05, 0.1) is 12.1 Å². The van der Waals surface area contributed by atoms with Crippen molar-refractivity contribution in [1.82, 2.24) is 4.98 Å². The molecule has 0 aliphatic carbocycles. The van der Waals surface area contributed by atoms with E-state index < -0.39 is 6.10 Å². The van der Waals surface area contributed by atoms with Crippen LogP contribution in [0.5, 0.6) is 5.75 Å². The molecular weight excluding hydrogens is 262 g/mol. The summed E-state index contributed by atoms with van der Waals surface area (Å²) in [7, 11) is 1.64. The van der Waals surface area contributed by atoms with E-state index in [-0.39, 0.29) is 0 Å². The van der Waals surface area contributed by atoms with Gasteiger partial charge < -0.3 is 9.84 Å². The van der Waals surface area contributed by atoms with Crippen molar-refractivity contribution in [3.63, 3.8) is 0 Å². The molecule has 0 amide bonds. The van der Waals surface area contributed by atoms with Crippen LogP contribution in [0.15, 0.2) is 30.6 Å². The zero-order chi connectivity index (χ0) is 14.0. The predicted octanol–water partition coefficient (Wildman–Crippen LogP) is 3.44. The fourth-order valence-electron chi connectivity index (χ4n) is 2.10. The van der Waals surface area contributed by atoms with Gasteiger partial charge in [-0.2, -0.15) is 0 Å². The maximum Gasteiger partial charge on any atom is 0.122 e. The molecule has 1 N–H and O–H groups in total. The van der Waals surface area contributed by atoms with Gasteiger partial charge in [-0.15, -0.1) is 0 Å². The van der Waals surface area contributed by atoms with Crippen molar-refractivity contribution < 1.29 is 9.84 Å². The molecule has 3 nitrogen and oxygen atoms in total. The average Bonchev–Trinajstić information content (AvgIpc) is 2.40. The highest BCUT2D eigenvalue weighted by Gasteiger charge is 2.17. The van der Waals surface area contributed by atoms with Gasteiger partial charge in [0, 0.05) is 18.0 Å². The van der Waals surface area contributed by atoms with Crippen LogP contribution in [0.3, 0.4) is 0 Å². The largest absolute Gasteiger partial charge is 0.496 e. The third kappa shape index (κ3) is 2.72. The number of nitrogens with zero attached hydrogens (tertiary/aromatic N) is 1. The molecule has 100 valence electrons. The van der Waals surface area contributed by atoms with E-state index in [1.165, 1.54) is 6.20 Å². The monoisotopic (exact) mass is 277 g/mol. The highest BCUT2D eigenvalue weighted by Crippen LogP contribution is 2.32. The SMILES string of the molecule is COc1cc(C)c(C(O)c2ccncc2Cl)cc1C. The molecule has 0 saturated carbocycles. The first-order chi connectivity index (χ1) is 9.04. The molecule has 0 fully saturated rings. The van der Waals surface area contributed by atoms with E-state index in [1.807, 2.05) is 26.0 Å². The third-order valence-corrected chi connectivity index (χ3v) is 3.49. The average molecular weight is 278 g/mol. The normalized spacial score (nSPS) is 12.3. The van der Waals surface area contributed by atoms with E-state index in [0.717, 1.165) is 22.4 Å². The number of ether oxygens (including phenoxy) is 1. The number of pyridine rings is 1. The first-order valence-electron chi connectivity index (χ1n) is 5.97. The maximum absolute atomic E-state index is 10.5. The van der Waals surface area contributed by atoms with Crippen molar-refractivity contribution in [2.45, 2.75) is 20.0 Å². The fraction of sp³-hybridized carbons (Fsp3) is 0.267. The molecule has 2 aromatic rings. The molecule has 1 unspecified atom stereocenters. The summed E-state index contributed by atoms with van der Waals surface area (Å²) in [4.78, 5) is 3.93. The Bertz CT molecular complexity index is 599. The van der Waals surface area contributed by atoms with Gasteiger partial charge in [-0.25, -0.2) is 0 Å². The molecule has 1 heterocycles. The van der Waals surface area contributed by atoms with Gasteiger partial charge in [0.2, 0.25) is 0 Å². The lowest BCUT2D eigenvalue weighted by Gasteiger charge is -2.17. The summed E-state index contributed by atoms with van der Waals surface area (Å²) in [6.07, 6.45) is 2.39.